The number of hydrogen-bond donors (Lipinski definition) is 3. The van der Waals surface area contributed by atoms with Crippen LogP contribution in [0.15, 0.2) is 57.9 Å². The minimum absolute atomic E-state index is 0.140. The fourth-order valence-corrected chi connectivity index (χ4v) is 2.95. The Kier molecular flexibility index (Phi) is 6.46. The molecule has 2 amide bonds. The van der Waals surface area contributed by atoms with Gasteiger partial charge in [0, 0.05) is 23.0 Å². The van der Waals surface area contributed by atoms with Crippen molar-refractivity contribution >= 4 is 17.5 Å². The number of carbonyl (C=O) groups is 2. The van der Waals surface area contributed by atoms with Crippen molar-refractivity contribution in [2.75, 3.05) is 5.32 Å². The highest BCUT2D eigenvalue weighted by Gasteiger charge is 2.25. The lowest BCUT2D eigenvalue weighted by Crippen LogP contribution is -2.47. The van der Waals surface area contributed by atoms with Crippen LogP contribution in [0.4, 0.5) is 5.69 Å². The maximum atomic E-state index is 12.8. The number of hydrogen-bond acceptors (Lipinski definition) is 5. The second-order valence-electron chi connectivity index (χ2n) is 7.18. The number of aryl methyl sites for hydroxylation is 1. The molecule has 0 saturated heterocycles. The molecule has 0 saturated carbocycles. The molecular weight excluding hydrogens is 384 g/mol. The Morgan fingerprint density at radius 3 is 2.63 bits per heavy atom. The molecule has 2 heterocycles. The number of anilines is 1. The molecule has 1 atom stereocenters. The molecule has 1 unspecified atom stereocenters. The third kappa shape index (κ3) is 5.02. The maximum absolute atomic E-state index is 12.8. The summed E-state index contributed by atoms with van der Waals surface area (Å²) in [6, 6.07) is 10.9. The quantitative estimate of drug-likeness (QED) is 0.556. The van der Waals surface area contributed by atoms with E-state index < -0.39 is 11.9 Å². The van der Waals surface area contributed by atoms with Crippen molar-refractivity contribution in [1.29, 1.82) is 0 Å². The van der Waals surface area contributed by atoms with Crippen LogP contribution in [0.2, 0.25) is 0 Å². The van der Waals surface area contributed by atoms with Gasteiger partial charge in [-0.15, -0.1) is 0 Å². The highest BCUT2D eigenvalue weighted by Crippen LogP contribution is 2.20. The topological polar surface area (TPSA) is 117 Å². The third-order valence-electron chi connectivity index (χ3n) is 4.54. The molecule has 3 N–H and O–H groups in total. The van der Waals surface area contributed by atoms with Gasteiger partial charge in [-0.3, -0.25) is 14.4 Å². The van der Waals surface area contributed by atoms with Crippen LogP contribution in [0.3, 0.4) is 0 Å². The average molecular weight is 408 g/mol. The zero-order valence-electron chi connectivity index (χ0n) is 17.1. The number of aromatic nitrogens is 2. The Bertz CT molecular complexity index is 1090. The van der Waals surface area contributed by atoms with Crippen LogP contribution < -0.4 is 16.2 Å². The van der Waals surface area contributed by atoms with Gasteiger partial charge in [-0.25, -0.2) is 4.98 Å². The lowest BCUT2D eigenvalue weighted by Gasteiger charge is -2.21. The lowest BCUT2D eigenvalue weighted by molar-refractivity contribution is -0.118. The van der Waals surface area contributed by atoms with Crippen LogP contribution in [0.1, 0.15) is 37.0 Å². The van der Waals surface area contributed by atoms with Gasteiger partial charge in [0.2, 0.25) is 5.91 Å². The molecule has 8 heteroatoms. The van der Waals surface area contributed by atoms with Crippen LogP contribution in [0, 0.1) is 5.92 Å². The molecule has 2 aromatic heterocycles. The smallest absolute Gasteiger partial charge is 0.287 e. The molecule has 0 aliphatic rings. The lowest BCUT2D eigenvalue weighted by atomic mass is 10.0. The van der Waals surface area contributed by atoms with Gasteiger partial charge < -0.3 is 20.0 Å². The summed E-state index contributed by atoms with van der Waals surface area (Å²) in [5.74, 6) is -0.388. The van der Waals surface area contributed by atoms with Crippen LogP contribution in [0.25, 0.3) is 11.4 Å². The number of nitrogens with one attached hydrogen (secondary N) is 3. The second kappa shape index (κ2) is 9.21. The SMILES string of the molecule is CCc1cc(=O)[nH]c(-c2cccc(NC(=O)C(NC(=O)c3ccco3)C(C)C)c2)n1. The van der Waals surface area contributed by atoms with E-state index in [2.05, 4.69) is 20.6 Å². The standard InChI is InChI=1S/C22H24N4O4/c1-4-15-12-18(27)25-20(23-15)14-7-5-8-16(11-14)24-22(29)19(13(2)3)26-21(28)17-9-6-10-30-17/h5-13,19H,4H2,1-3H3,(H,24,29)(H,26,28)(H,23,25,27). The van der Waals surface area contributed by atoms with E-state index in [0.717, 1.165) is 0 Å². The number of carbonyl (C=O) groups excluding carboxylic acids is 2. The zero-order valence-corrected chi connectivity index (χ0v) is 17.1. The first-order valence-electron chi connectivity index (χ1n) is 9.73. The molecule has 30 heavy (non-hydrogen) atoms. The second-order valence-corrected chi connectivity index (χ2v) is 7.18. The van der Waals surface area contributed by atoms with Gasteiger partial charge in [0.15, 0.2) is 5.76 Å². The summed E-state index contributed by atoms with van der Waals surface area (Å²) in [5, 5.41) is 5.53. The van der Waals surface area contributed by atoms with E-state index in [1.54, 1.807) is 30.3 Å². The maximum Gasteiger partial charge on any atom is 0.287 e. The minimum atomic E-state index is -0.757. The van der Waals surface area contributed by atoms with E-state index >= 15 is 0 Å². The molecule has 3 rings (SSSR count). The normalized spacial score (nSPS) is 11.9. The minimum Gasteiger partial charge on any atom is -0.459 e. The first-order chi connectivity index (χ1) is 14.4. The van der Waals surface area contributed by atoms with Crippen molar-refractivity contribution in [3.8, 4) is 11.4 Å². The molecule has 3 aromatic rings. The zero-order chi connectivity index (χ0) is 21.7. The summed E-state index contributed by atoms with van der Waals surface area (Å²) in [5.41, 5.74) is 1.65. The predicted molar refractivity (Wildman–Crippen MR) is 113 cm³/mol. The number of furan rings is 1. The van der Waals surface area contributed by atoms with Gasteiger partial charge in [-0.05, 0) is 36.6 Å². The number of rotatable bonds is 7. The summed E-state index contributed by atoms with van der Waals surface area (Å²) < 4.78 is 5.09. The van der Waals surface area contributed by atoms with Crippen molar-refractivity contribution in [3.63, 3.8) is 0 Å². The fourth-order valence-electron chi connectivity index (χ4n) is 2.95. The number of benzene rings is 1. The van der Waals surface area contributed by atoms with E-state index in [-0.39, 0.29) is 23.1 Å². The molecule has 0 aliphatic heterocycles. The van der Waals surface area contributed by atoms with E-state index in [4.69, 9.17) is 4.42 Å². The molecule has 0 bridgehead atoms. The highest BCUT2D eigenvalue weighted by atomic mass is 16.3. The van der Waals surface area contributed by atoms with Gasteiger partial charge in [-0.2, -0.15) is 0 Å². The van der Waals surface area contributed by atoms with Gasteiger partial charge in [0.25, 0.3) is 11.5 Å². The number of aromatic amines is 1. The molecule has 0 spiro atoms. The fraction of sp³-hybridized carbons (Fsp3) is 0.273. The molecular formula is C22H24N4O4. The molecule has 0 aliphatic carbocycles. The largest absolute Gasteiger partial charge is 0.459 e. The Hall–Kier alpha value is -3.68. The van der Waals surface area contributed by atoms with Crippen molar-refractivity contribution in [2.45, 2.75) is 33.2 Å². The van der Waals surface area contributed by atoms with Crippen molar-refractivity contribution in [3.05, 3.63) is 70.5 Å². The van der Waals surface area contributed by atoms with E-state index in [1.165, 1.54) is 18.4 Å². The molecule has 8 nitrogen and oxygen atoms in total. The first-order valence-corrected chi connectivity index (χ1v) is 9.73. The number of H-pyrrole nitrogens is 1. The predicted octanol–water partition coefficient (Wildman–Crippen LogP) is 2.99. The third-order valence-corrected chi connectivity index (χ3v) is 4.54. The molecule has 156 valence electrons. The van der Waals surface area contributed by atoms with Crippen LogP contribution in [0.5, 0.6) is 0 Å². The number of amides is 2. The Labute approximate surface area is 173 Å². The average Bonchev–Trinajstić information content (AvgIpc) is 3.26. The van der Waals surface area contributed by atoms with E-state index in [0.29, 0.717) is 29.2 Å². The monoisotopic (exact) mass is 408 g/mol. The van der Waals surface area contributed by atoms with Crippen molar-refractivity contribution in [2.24, 2.45) is 5.92 Å². The summed E-state index contributed by atoms with van der Waals surface area (Å²) >= 11 is 0. The summed E-state index contributed by atoms with van der Waals surface area (Å²) in [6.45, 7) is 5.60. The molecule has 0 fully saturated rings. The van der Waals surface area contributed by atoms with E-state index in [9.17, 15) is 14.4 Å². The Morgan fingerprint density at radius 1 is 1.17 bits per heavy atom. The van der Waals surface area contributed by atoms with Crippen LogP contribution >= 0.6 is 0 Å². The van der Waals surface area contributed by atoms with Gasteiger partial charge in [-0.1, -0.05) is 32.9 Å². The summed E-state index contributed by atoms with van der Waals surface area (Å²) in [7, 11) is 0. The van der Waals surface area contributed by atoms with Gasteiger partial charge in [0.05, 0.1) is 6.26 Å². The molecule has 0 radical (unpaired) electrons. The Balaban J connectivity index is 1.78. The van der Waals surface area contributed by atoms with Crippen LogP contribution in [-0.2, 0) is 11.2 Å². The highest BCUT2D eigenvalue weighted by molar-refractivity contribution is 6.00. The first kappa shape index (κ1) is 21.0. The van der Waals surface area contributed by atoms with Crippen molar-refractivity contribution in [1.82, 2.24) is 15.3 Å². The number of nitrogens with zero attached hydrogens (tertiary/aromatic N) is 1. The van der Waals surface area contributed by atoms with Gasteiger partial charge in [0.1, 0.15) is 11.9 Å². The summed E-state index contributed by atoms with van der Waals surface area (Å²) in [6.07, 6.45) is 2.04. The van der Waals surface area contributed by atoms with E-state index in [1.807, 2.05) is 20.8 Å². The molecule has 1 aromatic carbocycles. The van der Waals surface area contributed by atoms with Crippen molar-refractivity contribution < 1.29 is 14.0 Å². The summed E-state index contributed by atoms with van der Waals surface area (Å²) in [4.78, 5) is 44.1. The Morgan fingerprint density at radius 2 is 1.97 bits per heavy atom. The van der Waals surface area contributed by atoms with Gasteiger partial charge >= 0.3 is 0 Å². The van der Waals surface area contributed by atoms with Crippen LogP contribution in [-0.4, -0.2) is 27.8 Å².